The summed E-state index contributed by atoms with van der Waals surface area (Å²) < 4.78 is 0. The van der Waals surface area contributed by atoms with Gasteiger partial charge < -0.3 is 9.80 Å². The van der Waals surface area contributed by atoms with Crippen LogP contribution >= 0.6 is 11.6 Å². The summed E-state index contributed by atoms with van der Waals surface area (Å²) in [5.41, 5.74) is 0. The molecule has 1 aliphatic heterocycles. The average molecular weight is 205 g/mol. The molecule has 0 radical (unpaired) electrons. The highest BCUT2D eigenvalue weighted by Crippen LogP contribution is 2.21. The zero-order valence-corrected chi connectivity index (χ0v) is 9.21. The van der Waals surface area contributed by atoms with Crippen LogP contribution in [-0.4, -0.2) is 54.3 Å². The van der Waals surface area contributed by atoms with Crippen molar-refractivity contribution < 1.29 is 4.79 Å². The van der Waals surface area contributed by atoms with Crippen LogP contribution in [0.1, 0.15) is 13.3 Å². The Labute approximate surface area is 84.6 Å². The zero-order valence-electron chi connectivity index (χ0n) is 8.46. The van der Waals surface area contributed by atoms with Gasteiger partial charge in [0.2, 0.25) is 5.91 Å². The lowest BCUT2D eigenvalue weighted by Gasteiger charge is -2.27. The molecule has 0 aliphatic carbocycles. The molecule has 0 spiro atoms. The van der Waals surface area contributed by atoms with Gasteiger partial charge >= 0.3 is 0 Å². The summed E-state index contributed by atoms with van der Waals surface area (Å²) in [7, 11) is 4.10. The zero-order chi connectivity index (χ0) is 10.0. The molecule has 0 aromatic rings. The molecule has 1 fully saturated rings. The van der Waals surface area contributed by atoms with Crippen LogP contribution in [0.25, 0.3) is 0 Å². The Kier molecular flexibility index (Phi) is 3.56. The van der Waals surface area contributed by atoms with Crippen molar-refractivity contribution in [3.8, 4) is 0 Å². The van der Waals surface area contributed by atoms with E-state index < -0.39 is 0 Å². The molecule has 0 N–H and O–H groups in total. The van der Waals surface area contributed by atoms with Crippen molar-refractivity contribution in [2.75, 3.05) is 26.5 Å². The minimum atomic E-state index is 0.0542. The highest BCUT2D eigenvalue weighted by Gasteiger charge is 2.34. The quantitative estimate of drug-likeness (QED) is 0.621. The van der Waals surface area contributed by atoms with E-state index in [1.165, 1.54) is 0 Å². The maximum atomic E-state index is 11.4. The van der Waals surface area contributed by atoms with E-state index in [0.717, 1.165) is 13.0 Å². The Morgan fingerprint density at radius 1 is 1.62 bits per heavy atom. The number of amides is 1. The largest absolute Gasteiger partial charge is 0.337 e. The number of likely N-dealkylation sites (tertiary alicyclic amines) is 1. The van der Waals surface area contributed by atoms with Crippen molar-refractivity contribution in [1.29, 1.82) is 0 Å². The third kappa shape index (κ3) is 2.15. The second kappa shape index (κ2) is 4.29. The predicted molar refractivity (Wildman–Crippen MR) is 54.0 cm³/mol. The van der Waals surface area contributed by atoms with Crippen LogP contribution in [0.15, 0.2) is 0 Å². The molecule has 1 rings (SSSR count). The molecule has 1 saturated heterocycles. The van der Waals surface area contributed by atoms with Gasteiger partial charge in [0.05, 0.1) is 0 Å². The minimum Gasteiger partial charge on any atom is -0.337 e. The molecule has 76 valence electrons. The van der Waals surface area contributed by atoms with Gasteiger partial charge in [0.1, 0.15) is 5.88 Å². The molecule has 0 aromatic carbocycles. The SMILES string of the molecule is CC1C(N(C)C)CCN1C(=O)CCl. The first kappa shape index (κ1) is 10.8. The fourth-order valence-electron chi connectivity index (χ4n) is 2.04. The van der Waals surface area contributed by atoms with Crippen LogP contribution in [0, 0.1) is 0 Å². The van der Waals surface area contributed by atoms with Crippen molar-refractivity contribution in [1.82, 2.24) is 9.80 Å². The first-order chi connectivity index (χ1) is 6.07. The van der Waals surface area contributed by atoms with Crippen LogP contribution in [0.5, 0.6) is 0 Å². The molecule has 1 heterocycles. The number of rotatable bonds is 2. The van der Waals surface area contributed by atoms with Crippen molar-refractivity contribution in [3.05, 3.63) is 0 Å². The van der Waals surface area contributed by atoms with Crippen molar-refractivity contribution >= 4 is 17.5 Å². The predicted octanol–water partition coefficient (Wildman–Crippen LogP) is 0.776. The van der Waals surface area contributed by atoms with Gasteiger partial charge in [-0.1, -0.05) is 0 Å². The highest BCUT2D eigenvalue weighted by molar-refractivity contribution is 6.27. The van der Waals surface area contributed by atoms with Crippen molar-refractivity contribution in [2.45, 2.75) is 25.4 Å². The first-order valence-corrected chi connectivity index (χ1v) is 5.13. The Balaban J connectivity index is 2.59. The van der Waals surface area contributed by atoms with Crippen molar-refractivity contribution in [3.63, 3.8) is 0 Å². The Bertz CT molecular complexity index is 196. The molecule has 1 aliphatic rings. The molecule has 0 saturated carbocycles. The first-order valence-electron chi connectivity index (χ1n) is 4.59. The number of carbonyl (C=O) groups excluding carboxylic acids is 1. The van der Waals surface area contributed by atoms with Gasteiger partial charge in [-0.3, -0.25) is 4.79 Å². The summed E-state index contributed by atoms with van der Waals surface area (Å²) in [6, 6.07) is 0.772. The molecule has 3 nitrogen and oxygen atoms in total. The summed E-state index contributed by atoms with van der Waals surface area (Å²) in [5.74, 6) is 0.156. The molecule has 2 atom stereocenters. The van der Waals surface area contributed by atoms with Crippen LogP contribution in [0.3, 0.4) is 0 Å². The third-order valence-electron chi connectivity index (χ3n) is 2.81. The number of halogens is 1. The van der Waals surface area contributed by atoms with E-state index in [2.05, 4.69) is 25.9 Å². The van der Waals surface area contributed by atoms with Gasteiger partial charge in [-0.15, -0.1) is 11.6 Å². The fraction of sp³-hybridized carbons (Fsp3) is 0.889. The molecule has 0 aromatic heterocycles. The lowest BCUT2D eigenvalue weighted by atomic mass is 10.1. The molecule has 1 amide bonds. The van der Waals surface area contributed by atoms with Crippen LogP contribution in [-0.2, 0) is 4.79 Å². The Morgan fingerprint density at radius 3 is 2.62 bits per heavy atom. The summed E-state index contributed by atoms with van der Waals surface area (Å²) >= 11 is 5.52. The summed E-state index contributed by atoms with van der Waals surface area (Å²) in [4.78, 5) is 15.4. The summed E-state index contributed by atoms with van der Waals surface area (Å²) in [5, 5.41) is 0. The number of likely N-dealkylation sites (N-methyl/N-ethyl adjacent to an activating group) is 1. The summed E-state index contributed by atoms with van der Waals surface area (Å²) in [6.07, 6.45) is 1.05. The van der Waals surface area contributed by atoms with Gasteiger partial charge in [-0.05, 0) is 27.4 Å². The van der Waals surface area contributed by atoms with Crippen LogP contribution in [0.2, 0.25) is 0 Å². The highest BCUT2D eigenvalue weighted by atomic mass is 35.5. The number of nitrogens with zero attached hydrogens (tertiary/aromatic N) is 2. The molecule has 0 bridgehead atoms. The lowest BCUT2D eigenvalue weighted by molar-refractivity contribution is -0.129. The fourth-order valence-corrected chi connectivity index (χ4v) is 2.20. The monoisotopic (exact) mass is 204 g/mol. The Hall–Kier alpha value is -0.280. The second-order valence-corrected chi connectivity index (χ2v) is 4.05. The second-order valence-electron chi connectivity index (χ2n) is 3.78. The summed E-state index contributed by atoms with van der Waals surface area (Å²) in [6.45, 7) is 2.93. The standard InChI is InChI=1S/C9H17ClN2O/c1-7-8(11(2)3)4-5-12(7)9(13)6-10/h7-8H,4-6H2,1-3H3. The number of hydrogen-bond donors (Lipinski definition) is 0. The van der Waals surface area contributed by atoms with Crippen LogP contribution < -0.4 is 0 Å². The average Bonchev–Trinajstić information content (AvgIpc) is 2.46. The number of hydrogen-bond acceptors (Lipinski definition) is 2. The molecule has 2 unspecified atom stereocenters. The third-order valence-corrected chi connectivity index (χ3v) is 3.04. The van der Waals surface area contributed by atoms with Gasteiger partial charge in [0.25, 0.3) is 0 Å². The van der Waals surface area contributed by atoms with Gasteiger partial charge in [-0.25, -0.2) is 0 Å². The normalized spacial score (nSPS) is 28.5. The van der Waals surface area contributed by atoms with E-state index in [9.17, 15) is 4.79 Å². The molecular formula is C9H17ClN2O. The topological polar surface area (TPSA) is 23.6 Å². The smallest absolute Gasteiger partial charge is 0.237 e. The van der Waals surface area contributed by atoms with E-state index >= 15 is 0 Å². The van der Waals surface area contributed by atoms with Crippen LogP contribution in [0.4, 0.5) is 0 Å². The van der Waals surface area contributed by atoms with Crippen molar-refractivity contribution in [2.24, 2.45) is 0 Å². The van der Waals surface area contributed by atoms with Gasteiger partial charge in [-0.2, -0.15) is 0 Å². The number of alkyl halides is 1. The minimum absolute atomic E-state index is 0.0542. The van der Waals surface area contributed by atoms with E-state index in [0.29, 0.717) is 12.1 Å². The van der Waals surface area contributed by atoms with E-state index in [1.807, 2.05) is 4.90 Å². The van der Waals surface area contributed by atoms with E-state index in [-0.39, 0.29) is 11.8 Å². The molecule has 13 heavy (non-hydrogen) atoms. The van der Waals surface area contributed by atoms with Gasteiger partial charge in [0, 0.05) is 18.6 Å². The van der Waals surface area contributed by atoms with E-state index in [1.54, 1.807) is 0 Å². The van der Waals surface area contributed by atoms with Gasteiger partial charge in [0.15, 0.2) is 0 Å². The lowest BCUT2D eigenvalue weighted by Crippen LogP contribution is -2.42. The number of carbonyl (C=O) groups is 1. The Morgan fingerprint density at radius 2 is 2.23 bits per heavy atom. The van der Waals surface area contributed by atoms with E-state index in [4.69, 9.17) is 11.6 Å². The molecule has 4 heteroatoms. The maximum absolute atomic E-state index is 11.4. The maximum Gasteiger partial charge on any atom is 0.237 e. The molecular weight excluding hydrogens is 188 g/mol.